The standard InChI is InChI=1S/C12H14ClN3O2S2/c1-8(12-15-4-5-19-12)7-16-20(17,18)11-6-9(14)2-3-10(11)13/h2-6,8,16H,7,14H2,1H3. The maximum absolute atomic E-state index is 12.2. The molecule has 0 saturated carbocycles. The Kier molecular flexibility index (Phi) is 4.64. The van der Waals surface area contributed by atoms with E-state index in [1.54, 1.807) is 12.3 Å². The first-order valence-corrected chi connectivity index (χ1v) is 8.58. The highest BCUT2D eigenvalue weighted by Gasteiger charge is 2.20. The molecule has 2 aromatic rings. The normalized spacial score (nSPS) is 13.3. The Morgan fingerprint density at radius 3 is 2.90 bits per heavy atom. The van der Waals surface area contributed by atoms with Crippen molar-refractivity contribution >= 4 is 38.6 Å². The summed E-state index contributed by atoms with van der Waals surface area (Å²) in [4.78, 5) is 4.15. The number of halogens is 1. The van der Waals surface area contributed by atoms with E-state index >= 15 is 0 Å². The topological polar surface area (TPSA) is 85.1 Å². The Balaban J connectivity index is 2.13. The first-order chi connectivity index (χ1) is 9.40. The molecular formula is C12H14ClN3O2S2. The summed E-state index contributed by atoms with van der Waals surface area (Å²) in [6, 6.07) is 4.37. The van der Waals surface area contributed by atoms with Crippen molar-refractivity contribution < 1.29 is 8.42 Å². The molecule has 108 valence electrons. The number of thiazole rings is 1. The highest BCUT2D eigenvalue weighted by atomic mass is 35.5. The molecule has 1 heterocycles. The number of nitrogens with two attached hydrogens (primary N) is 1. The Morgan fingerprint density at radius 2 is 2.25 bits per heavy atom. The molecule has 8 heteroatoms. The van der Waals surface area contributed by atoms with Crippen molar-refractivity contribution in [2.75, 3.05) is 12.3 Å². The SMILES string of the molecule is CC(CNS(=O)(=O)c1cc(N)ccc1Cl)c1nccs1. The molecule has 0 radical (unpaired) electrons. The quantitative estimate of drug-likeness (QED) is 0.824. The highest BCUT2D eigenvalue weighted by molar-refractivity contribution is 7.89. The minimum Gasteiger partial charge on any atom is -0.399 e. The number of hydrogen-bond donors (Lipinski definition) is 2. The van der Waals surface area contributed by atoms with E-state index in [0.717, 1.165) is 5.01 Å². The van der Waals surface area contributed by atoms with Crippen molar-refractivity contribution in [1.82, 2.24) is 9.71 Å². The number of nitrogens with zero attached hydrogens (tertiary/aromatic N) is 1. The van der Waals surface area contributed by atoms with Gasteiger partial charge in [0.15, 0.2) is 0 Å². The molecule has 2 rings (SSSR count). The lowest BCUT2D eigenvalue weighted by Crippen LogP contribution is -2.28. The van der Waals surface area contributed by atoms with E-state index in [0.29, 0.717) is 5.69 Å². The first-order valence-electron chi connectivity index (χ1n) is 5.84. The fourth-order valence-corrected chi connectivity index (χ4v) is 3.97. The van der Waals surface area contributed by atoms with Crippen LogP contribution in [0.2, 0.25) is 5.02 Å². The van der Waals surface area contributed by atoms with Gasteiger partial charge < -0.3 is 5.73 Å². The predicted molar refractivity (Wildman–Crippen MR) is 81.6 cm³/mol. The lowest BCUT2D eigenvalue weighted by molar-refractivity contribution is 0.575. The second-order valence-corrected chi connectivity index (χ2v) is 7.38. The van der Waals surface area contributed by atoms with E-state index in [1.165, 1.54) is 23.5 Å². The summed E-state index contributed by atoms with van der Waals surface area (Å²) in [7, 11) is -3.68. The van der Waals surface area contributed by atoms with Crippen LogP contribution < -0.4 is 10.5 Å². The third-order valence-electron chi connectivity index (χ3n) is 2.70. The van der Waals surface area contributed by atoms with E-state index < -0.39 is 10.0 Å². The lowest BCUT2D eigenvalue weighted by Gasteiger charge is -2.12. The maximum Gasteiger partial charge on any atom is 0.242 e. The molecule has 1 aromatic heterocycles. The molecule has 20 heavy (non-hydrogen) atoms. The number of rotatable bonds is 5. The molecule has 3 N–H and O–H groups in total. The molecule has 0 spiro atoms. The fraction of sp³-hybridized carbons (Fsp3) is 0.250. The van der Waals surface area contributed by atoms with E-state index in [-0.39, 0.29) is 22.4 Å². The van der Waals surface area contributed by atoms with Crippen molar-refractivity contribution in [3.8, 4) is 0 Å². The zero-order chi connectivity index (χ0) is 14.8. The molecule has 1 aromatic carbocycles. The summed E-state index contributed by atoms with van der Waals surface area (Å²) in [6.07, 6.45) is 1.69. The minimum atomic E-state index is -3.68. The van der Waals surface area contributed by atoms with E-state index in [2.05, 4.69) is 9.71 Å². The third-order valence-corrected chi connectivity index (χ3v) is 5.61. The molecule has 0 aliphatic rings. The highest BCUT2D eigenvalue weighted by Crippen LogP contribution is 2.24. The van der Waals surface area contributed by atoms with Crippen LogP contribution in [-0.2, 0) is 10.0 Å². The number of hydrogen-bond acceptors (Lipinski definition) is 5. The Morgan fingerprint density at radius 1 is 1.50 bits per heavy atom. The molecule has 0 fully saturated rings. The Labute approximate surface area is 126 Å². The zero-order valence-corrected chi connectivity index (χ0v) is 13.1. The predicted octanol–water partition coefficient (Wildman–Crippen LogP) is 2.46. The van der Waals surface area contributed by atoms with Crippen LogP contribution in [0.15, 0.2) is 34.7 Å². The van der Waals surface area contributed by atoms with Crippen LogP contribution in [0.4, 0.5) is 5.69 Å². The van der Waals surface area contributed by atoms with Gasteiger partial charge in [0, 0.05) is 29.7 Å². The van der Waals surface area contributed by atoms with E-state index in [1.807, 2.05) is 12.3 Å². The van der Waals surface area contributed by atoms with Crippen molar-refractivity contribution in [3.05, 3.63) is 39.8 Å². The Hall–Kier alpha value is -1.15. The molecule has 0 aliphatic heterocycles. The number of sulfonamides is 1. The zero-order valence-electron chi connectivity index (χ0n) is 10.7. The van der Waals surface area contributed by atoms with Gasteiger partial charge >= 0.3 is 0 Å². The summed E-state index contributed by atoms with van der Waals surface area (Å²) in [5, 5.41) is 2.88. The monoisotopic (exact) mass is 331 g/mol. The van der Waals surface area contributed by atoms with Crippen molar-refractivity contribution in [1.29, 1.82) is 0 Å². The Bertz CT molecular complexity index is 687. The summed E-state index contributed by atoms with van der Waals surface area (Å²) in [5.41, 5.74) is 5.95. The van der Waals surface area contributed by atoms with Crippen molar-refractivity contribution in [2.45, 2.75) is 17.7 Å². The summed E-state index contributed by atoms with van der Waals surface area (Å²) in [6.45, 7) is 2.16. The number of aromatic nitrogens is 1. The summed E-state index contributed by atoms with van der Waals surface area (Å²) >= 11 is 7.40. The molecule has 1 atom stereocenters. The van der Waals surface area contributed by atoms with Crippen LogP contribution in [-0.4, -0.2) is 19.9 Å². The number of nitrogens with one attached hydrogen (secondary N) is 1. The van der Waals surface area contributed by atoms with Crippen LogP contribution in [0.1, 0.15) is 17.8 Å². The minimum absolute atomic E-state index is 0.00879. The van der Waals surface area contributed by atoms with E-state index in [4.69, 9.17) is 17.3 Å². The molecule has 0 saturated heterocycles. The lowest BCUT2D eigenvalue weighted by atomic mass is 10.2. The van der Waals surface area contributed by atoms with Crippen LogP contribution in [0.3, 0.4) is 0 Å². The number of benzene rings is 1. The van der Waals surface area contributed by atoms with E-state index in [9.17, 15) is 8.42 Å². The van der Waals surface area contributed by atoms with Gasteiger partial charge in [0.1, 0.15) is 4.90 Å². The molecule has 5 nitrogen and oxygen atoms in total. The first kappa shape index (κ1) is 15.2. The number of nitrogen functional groups attached to an aromatic ring is 1. The maximum atomic E-state index is 12.2. The van der Waals surface area contributed by atoms with Crippen molar-refractivity contribution in [2.24, 2.45) is 0 Å². The second kappa shape index (κ2) is 6.09. The molecule has 0 amide bonds. The van der Waals surface area contributed by atoms with Gasteiger partial charge in [0.05, 0.1) is 10.0 Å². The van der Waals surface area contributed by atoms with Gasteiger partial charge in [-0.1, -0.05) is 18.5 Å². The molecular weight excluding hydrogens is 318 g/mol. The summed E-state index contributed by atoms with van der Waals surface area (Å²) in [5.74, 6) is -0.00962. The van der Waals surface area contributed by atoms with Gasteiger partial charge in [-0.05, 0) is 18.2 Å². The average molecular weight is 332 g/mol. The van der Waals surface area contributed by atoms with Gasteiger partial charge in [-0.3, -0.25) is 0 Å². The van der Waals surface area contributed by atoms with Gasteiger partial charge in [0.25, 0.3) is 0 Å². The fourth-order valence-electron chi connectivity index (χ4n) is 1.60. The van der Waals surface area contributed by atoms with Gasteiger partial charge in [-0.25, -0.2) is 18.1 Å². The molecule has 1 unspecified atom stereocenters. The van der Waals surface area contributed by atoms with Gasteiger partial charge in [-0.2, -0.15) is 0 Å². The molecule has 0 aliphatic carbocycles. The summed E-state index contributed by atoms with van der Waals surface area (Å²) < 4.78 is 27.0. The van der Waals surface area contributed by atoms with Crippen molar-refractivity contribution in [3.63, 3.8) is 0 Å². The smallest absolute Gasteiger partial charge is 0.242 e. The van der Waals surface area contributed by atoms with Crippen LogP contribution in [0, 0.1) is 0 Å². The largest absolute Gasteiger partial charge is 0.399 e. The average Bonchev–Trinajstić information content (AvgIpc) is 2.93. The third kappa shape index (κ3) is 3.49. The van der Waals surface area contributed by atoms with Crippen LogP contribution in [0.5, 0.6) is 0 Å². The van der Waals surface area contributed by atoms with Gasteiger partial charge in [0.2, 0.25) is 10.0 Å². The van der Waals surface area contributed by atoms with Gasteiger partial charge in [-0.15, -0.1) is 11.3 Å². The molecule has 0 bridgehead atoms. The number of anilines is 1. The van der Waals surface area contributed by atoms with Crippen LogP contribution >= 0.6 is 22.9 Å². The second-order valence-electron chi connectivity index (χ2n) is 4.31. The van der Waals surface area contributed by atoms with Crippen LogP contribution in [0.25, 0.3) is 0 Å².